The Morgan fingerprint density at radius 2 is 2.10 bits per heavy atom. The molecule has 0 spiro atoms. The maximum Gasteiger partial charge on any atom is 0.142 e. The fraction of sp³-hybridized carbons (Fsp3) is 0.200. The largest absolute Gasteiger partial charge is 0.495 e. The average molecular weight is 296 g/mol. The number of aliphatic hydroxyl groups is 1. The zero-order valence-corrected chi connectivity index (χ0v) is 11.7. The molecule has 106 valence electrons. The molecule has 3 nitrogen and oxygen atoms in total. The predicted octanol–water partition coefficient (Wildman–Crippen LogP) is 3.35. The SMILES string of the molecule is COc1cccc(C(O)Cc2ccc(F)cc2Cl)c1N. The summed E-state index contributed by atoms with van der Waals surface area (Å²) in [4.78, 5) is 0. The molecule has 2 aromatic rings. The second-order valence-electron chi connectivity index (χ2n) is 4.42. The molecule has 0 fully saturated rings. The number of rotatable bonds is 4. The van der Waals surface area contributed by atoms with Gasteiger partial charge in [-0.15, -0.1) is 0 Å². The van der Waals surface area contributed by atoms with E-state index in [2.05, 4.69) is 0 Å². The molecule has 0 aliphatic rings. The predicted molar refractivity (Wildman–Crippen MR) is 77.5 cm³/mol. The smallest absolute Gasteiger partial charge is 0.142 e. The first kappa shape index (κ1) is 14.6. The molecular formula is C15H15ClFNO2. The molecule has 0 saturated carbocycles. The normalized spacial score (nSPS) is 12.2. The van der Waals surface area contributed by atoms with E-state index < -0.39 is 11.9 Å². The van der Waals surface area contributed by atoms with Gasteiger partial charge in [0.2, 0.25) is 0 Å². The molecule has 0 saturated heterocycles. The molecule has 3 N–H and O–H groups in total. The van der Waals surface area contributed by atoms with Gasteiger partial charge in [-0.1, -0.05) is 29.8 Å². The van der Waals surface area contributed by atoms with Gasteiger partial charge in [-0.05, 0) is 23.8 Å². The molecule has 0 radical (unpaired) electrons. The second-order valence-corrected chi connectivity index (χ2v) is 4.83. The standard InChI is InChI=1S/C15H15ClFNO2/c1-20-14-4-2-3-11(15(14)18)13(19)7-9-5-6-10(17)8-12(9)16/h2-6,8,13,19H,7,18H2,1H3. The van der Waals surface area contributed by atoms with Crippen LogP contribution >= 0.6 is 11.6 Å². The highest BCUT2D eigenvalue weighted by Crippen LogP contribution is 2.32. The van der Waals surface area contributed by atoms with E-state index in [1.54, 1.807) is 24.3 Å². The Labute approximate surface area is 121 Å². The number of para-hydroxylation sites is 1. The van der Waals surface area contributed by atoms with E-state index in [-0.39, 0.29) is 11.4 Å². The first-order valence-corrected chi connectivity index (χ1v) is 6.45. The fourth-order valence-electron chi connectivity index (χ4n) is 2.04. The lowest BCUT2D eigenvalue weighted by atomic mass is 9.99. The number of hydrogen-bond donors (Lipinski definition) is 2. The van der Waals surface area contributed by atoms with Crippen molar-refractivity contribution < 1.29 is 14.2 Å². The van der Waals surface area contributed by atoms with Gasteiger partial charge in [-0.25, -0.2) is 4.39 Å². The van der Waals surface area contributed by atoms with Crippen LogP contribution in [0.4, 0.5) is 10.1 Å². The Kier molecular flexibility index (Phi) is 4.47. The number of hydrogen-bond acceptors (Lipinski definition) is 3. The number of aliphatic hydroxyl groups excluding tert-OH is 1. The topological polar surface area (TPSA) is 55.5 Å². The van der Waals surface area contributed by atoms with Crippen molar-refractivity contribution in [3.8, 4) is 5.75 Å². The summed E-state index contributed by atoms with van der Waals surface area (Å²) in [6, 6.07) is 9.27. The highest BCUT2D eigenvalue weighted by Gasteiger charge is 2.16. The maximum atomic E-state index is 13.0. The Balaban J connectivity index is 2.26. The molecule has 0 heterocycles. The number of anilines is 1. The Bertz CT molecular complexity index is 619. The van der Waals surface area contributed by atoms with Crippen LogP contribution in [0.15, 0.2) is 36.4 Å². The van der Waals surface area contributed by atoms with Crippen molar-refractivity contribution in [3.05, 3.63) is 58.4 Å². The van der Waals surface area contributed by atoms with Crippen molar-refractivity contribution in [1.82, 2.24) is 0 Å². The zero-order chi connectivity index (χ0) is 14.7. The maximum absolute atomic E-state index is 13.0. The van der Waals surface area contributed by atoms with Gasteiger partial charge >= 0.3 is 0 Å². The van der Waals surface area contributed by atoms with E-state index in [1.165, 1.54) is 19.2 Å². The molecule has 2 rings (SSSR count). The molecule has 20 heavy (non-hydrogen) atoms. The van der Waals surface area contributed by atoms with Crippen molar-refractivity contribution in [3.63, 3.8) is 0 Å². The second kappa shape index (κ2) is 6.11. The van der Waals surface area contributed by atoms with E-state index in [1.807, 2.05) is 0 Å². The number of benzene rings is 2. The third-order valence-electron chi connectivity index (χ3n) is 3.11. The first-order chi connectivity index (χ1) is 9.52. The number of ether oxygens (including phenoxy) is 1. The van der Waals surface area contributed by atoms with E-state index in [4.69, 9.17) is 22.1 Å². The van der Waals surface area contributed by atoms with Crippen LogP contribution in [0.25, 0.3) is 0 Å². The van der Waals surface area contributed by atoms with Gasteiger partial charge in [-0.2, -0.15) is 0 Å². The summed E-state index contributed by atoms with van der Waals surface area (Å²) in [5, 5.41) is 10.6. The van der Waals surface area contributed by atoms with Crippen LogP contribution in [0.5, 0.6) is 5.75 Å². The summed E-state index contributed by atoms with van der Waals surface area (Å²) in [5.41, 5.74) is 7.54. The Morgan fingerprint density at radius 3 is 2.75 bits per heavy atom. The highest BCUT2D eigenvalue weighted by atomic mass is 35.5. The van der Waals surface area contributed by atoms with Crippen molar-refractivity contribution in [2.24, 2.45) is 0 Å². The van der Waals surface area contributed by atoms with Crippen LogP contribution in [0.2, 0.25) is 5.02 Å². The fourth-order valence-corrected chi connectivity index (χ4v) is 2.28. The van der Waals surface area contributed by atoms with Gasteiger partial charge in [0.1, 0.15) is 11.6 Å². The van der Waals surface area contributed by atoms with Crippen molar-refractivity contribution >= 4 is 17.3 Å². The van der Waals surface area contributed by atoms with E-state index in [9.17, 15) is 9.50 Å². The molecule has 0 amide bonds. The van der Waals surface area contributed by atoms with Crippen LogP contribution in [0.1, 0.15) is 17.2 Å². The van der Waals surface area contributed by atoms with Crippen LogP contribution in [-0.2, 0) is 6.42 Å². The van der Waals surface area contributed by atoms with Crippen molar-refractivity contribution in [2.45, 2.75) is 12.5 Å². The lowest BCUT2D eigenvalue weighted by molar-refractivity contribution is 0.179. The third-order valence-corrected chi connectivity index (χ3v) is 3.46. The summed E-state index contributed by atoms with van der Waals surface area (Å²) in [7, 11) is 1.51. The highest BCUT2D eigenvalue weighted by molar-refractivity contribution is 6.31. The van der Waals surface area contributed by atoms with E-state index >= 15 is 0 Å². The Hall–Kier alpha value is -1.78. The van der Waals surface area contributed by atoms with Crippen LogP contribution in [0.3, 0.4) is 0 Å². The van der Waals surface area contributed by atoms with Crippen LogP contribution < -0.4 is 10.5 Å². The van der Waals surface area contributed by atoms with Crippen molar-refractivity contribution in [1.29, 1.82) is 0 Å². The molecule has 1 atom stereocenters. The summed E-state index contributed by atoms with van der Waals surface area (Å²) in [5.74, 6) is 0.0980. The van der Waals surface area contributed by atoms with E-state index in [0.29, 0.717) is 22.6 Å². The van der Waals surface area contributed by atoms with Gasteiger partial charge in [0, 0.05) is 17.0 Å². The first-order valence-electron chi connectivity index (χ1n) is 6.07. The zero-order valence-electron chi connectivity index (χ0n) is 10.9. The Morgan fingerprint density at radius 1 is 1.35 bits per heavy atom. The molecule has 0 aliphatic heterocycles. The van der Waals surface area contributed by atoms with E-state index in [0.717, 1.165) is 0 Å². The van der Waals surface area contributed by atoms with Gasteiger partial charge in [0.15, 0.2) is 0 Å². The summed E-state index contributed by atoms with van der Waals surface area (Å²) >= 11 is 5.95. The van der Waals surface area contributed by atoms with Gasteiger partial charge in [-0.3, -0.25) is 0 Å². The molecular weight excluding hydrogens is 281 g/mol. The minimum absolute atomic E-state index is 0.247. The summed E-state index contributed by atoms with van der Waals surface area (Å²) < 4.78 is 18.1. The monoisotopic (exact) mass is 295 g/mol. The molecule has 0 bridgehead atoms. The number of methoxy groups -OCH3 is 1. The third kappa shape index (κ3) is 3.03. The lowest BCUT2D eigenvalue weighted by Crippen LogP contribution is -2.07. The van der Waals surface area contributed by atoms with Crippen LogP contribution in [-0.4, -0.2) is 12.2 Å². The van der Waals surface area contributed by atoms with Gasteiger partial charge in [0.05, 0.1) is 18.9 Å². The average Bonchev–Trinajstić information content (AvgIpc) is 2.42. The molecule has 0 aliphatic carbocycles. The minimum atomic E-state index is -0.840. The summed E-state index contributed by atoms with van der Waals surface area (Å²) in [6.45, 7) is 0. The number of halogens is 2. The summed E-state index contributed by atoms with van der Waals surface area (Å²) in [6.07, 6.45) is -0.593. The van der Waals surface area contributed by atoms with Crippen LogP contribution in [0, 0.1) is 5.82 Å². The minimum Gasteiger partial charge on any atom is -0.495 e. The quantitative estimate of drug-likeness (QED) is 0.851. The number of nitrogens with two attached hydrogens (primary N) is 1. The van der Waals surface area contributed by atoms with Gasteiger partial charge < -0.3 is 15.6 Å². The molecule has 1 unspecified atom stereocenters. The number of nitrogen functional groups attached to an aromatic ring is 1. The molecule has 5 heteroatoms. The molecule has 0 aromatic heterocycles. The van der Waals surface area contributed by atoms with Crippen molar-refractivity contribution in [2.75, 3.05) is 12.8 Å². The lowest BCUT2D eigenvalue weighted by Gasteiger charge is -2.16. The molecule has 2 aromatic carbocycles. The van der Waals surface area contributed by atoms with Gasteiger partial charge in [0.25, 0.3) is 0 Å².